The van der Waals surface area contributed by atoms with Gasteiger partial charge in [0, 0.05) is 4.47 Å². The molecule has 1 heterocycles. The van der Waals surface area contributed by atoms with Crippen molar-refractivity contribution in [2.24, 2.45) is 0 Å². The first-order valence-electron chi connectivity index (χ1n) is 8.97. The highest BCUT2D eigenvalue weighted by molar-refractivity contribution is 9.10. The van der Waals surface area contributed by atoms with Gasteiger partial charge in [-0.15, -0.1) is 5.10 Å². The zero-order chi connectivity index (χ0) is 20.3. The number of amides is 1. The lowest BCUT2D eigenvalue weighted by Gasteiger charge is -2.13. The number of aryl methyl sites for hydroxylation is 1. The molecule has 1 N–H and O–H groups in total. The Balaban J connectivity index is 1.71. The van der Waals surface area contributed by atoms with Crippen molar-refractivity contribution in [2.75, 3.05) is 5.32 Å². The van der Waals surface area contributed by atoms with E-state index in [4.69, 9.17) is 0 Å². The molecule has 146 valence electrons. The third-order valence-corrected chi connectivity index (χ3v) is 5.97. The number of nitrogens with zero attached hydrogens (tertiary/aromatic N) is 4. The summed E-state index contributed by atoms with van der Waals surface area (Å²) >= 11 is 4.80. The fourth-order valence-electron chi connectivity index (χ4n) is 2.58. The molecule has 0 aliphatic heterocycles. The molecule has 0 radical (unpaired) electrons. The molecule has 1 unspecified atom stereocenters. The van der Waals surface area contributed by atoms with Gasteiger partial charge in [0.25, 0.3) is 0 Å². The van der Waals surface area contributed by atoms with Crippen molar-refractivity contribution < 1.29 is 4.79 Å². The van der Waals surface area contributed by atoms with E-state index in [2.05, 4.69) is 62.8 Å². The number of carbonyl (C=O) groups excluding carboxylic acids is 1. The maximum atomic E-state index is 12.6. The molecular formula is C20H22BrN5OS. The number of thioether (sulfide) groups is 1. The van der Waals surface area contributed by atoms with Crippen LogP contribution in [-0.2, 0) is 4.79 Å². The Hall–Kier alpha value is -2.19. The van der Waals surface area contributed by atoms with Crippen LogP contribution in [0.25, 0.3) is 5.69 Å². The van der Waals surface area contributed by atoms with Gasteiger partial charge in [0.2, 0.25) is 11.1 Å². The molecule has 3 aromatic rings. The molecule has 6 nitrogen and oxygen atoms in total. The smallest absolute Gasteiger partial charge is 0.237 e. The van der Waals surface area contributed by atoms with Gasteiger partial charge in [-0.1, -0.05) is 43.8 Å². The van der Waals surface area contributed by atoms with Crippen molar-refractivity contribution in [3.8, 4) is 5.69 Å². The lowest BCUT2D eigenvalue weighted by Crippen LogP contribution is -2.23. The Bertz CT molecular complexity index is 971. The Morgan fingerprint density at radius 1 is 1.14 bits per heavy atom. The number of nitrogens with one attached hydrogen (secondary N) is 1. The molecule has 0 bridgehead atoms. The molecular weight excluding hydrogens is 438 g/mol. The maximum absolute atomic E-state index is 12.6. The van der Waals surface area contributed by atoms with Crippen molar-refractivity contribution >= 4 is 39.3 Å². The summed E-state index contributed by atoms with van der Waals surface area (Å²) in [6, 6.07) is 13.9. The second-order valence-electron chi connectivity index (χ2n) is 6.85. The van der Waals surface area contributed by atoms with Crippen molar-refractivity contribution in [1.29, 1.82) is 0 Å². The maximum Gasteiger partial charge on any atom is 0.237 e. The molecule has 0 spiro atoms. The van der Waals surface area contributed by atoms with E-state index in [0.29, 0.717) is 11.1 Å². The molecule has 8 heteroatoms. The molecule has 1 aromatic heterocycles. The number of halogens is 1. The molecule has 0 aliphatic carbocycles. The molecule has 0 fully saturated rings. The van der Waals surface area contributed by atoms with Gasteiger partial charge in [-0.2, -0.15) is 4.68 Å². The van der Waals surface area contributed by atoms with Crippen LogP contribution >= 0.6 is 27.7 Å². The highest BCUT2D eigenvalue weighted by Gasteiger charge is 2.20. The van der Waals surface area contributed by atoms with Gasteiger partial charge < -0.3 is 5.32 Å². The van der Waals surface area contributed by atoms with Gasteiger partial charge in [0.05, 0.1) is 16.6 Å². The normalized spacial score (nSPS) is 12.2. The highest BCUT2D eigenvalue weighted by Crippen LogP contribution is 2.27. The molecule has 3 rings (SSSR count). The summed E-state index contributed by atoms with van der Waals surface area (Å²) in [4.78, 5) is 12.6. The summed E-state index contributed by atoms with van der Waals surface area (Å²) in [5.74, 6) is 0.348. The van der Waals surface area contributed by atoms with E-state index in [-0.39, 0.29) is 11.2 Å². The topological polar surface area (TPSA) is 72.7 Å². The summed E-state index contributed by atoms with van der Waals surface area (Å²) in [7, 11) is 0. The molecule has 0 saturated heterocycles. The van der Waals surface area contributed by atoms with Crippen LogP contribution in [0.1, 0.15) is 37.8 Å². The predicted octanol–water partition coefficient (Wildman–Crippen LogP) is 4.98. The average Bonchev–Trinajstić information content (AvgIpc) is 3.12. The Morgan fingerprint density at radius 3 is 2.50 bits per heavy atom. The number of benzene rings is 2. The van der Waals surface area contributed by atoms with Crippen molar-refractivity contribution in [3.63, 3.8) is 0 Å². The van der Waals surface area contributed by atoms with Gasteiger partial charge in [0.1, 0.15) is 0 Å². The average molecular weight is 460 g/mol. The van der Waals surface area contributed by atoms with E-state index in [1.54, 1.807) is 4.68 Å². The van der Waals surface area contributed by atoms with Crippen LogP contribution in [-0.4, -0.2) is 31.4 Å². The predicted molar refractivity (Wildman–Crippen MR) is 116 cm³/mol. The summed E-state index contributed by atoms with van der Waals surface area (Å²) in [6.45, 7) is 8.14. The van der Waals surface area contributed by atoms with Crippen LogP contribution in [0.3, 0.4) is 0 Å². The van der Waals surface area contributed by atoms with Gasteiger partial charge >= 0.3 is 0 Å². The second kappa shape index (κ2) is 8.87. The second-order valence-corrected chi connectivity index (χ2v) is 9.01. The lowest BCUT2D eigenvalue weighted by atomic mass is 10.0. The van der Waals surface area contributed by atoms with Crippen molar-refractivity contribution in [3.05, 3.63) is 58.1 Å². The first-order chi connectivity index (χ1) is 13.3. The van der Waals surface area contributed by atoms with Crippen LogP contribution in [0.4, 0.5) is 5.69 Å². The first kappa shape index (κ1) is 20.5. The quantitative estimate of drug-likeness (QED) is 0.526. The minimum Gasteiger partial charge on any atom is -0.324 e. The molecule has 0 saturated carbocycles. The third kappa shape index (κ3) is 4.80. The van der Waals surface area contributed by atoms with E-state index < -0.39 is 0 Å². The van der Waals surface area contributed by atoms with E-state index >= 15 is 0 Å². The molecule has 28 heavy (non-hydrogen) atoms. The fourth-order valence-corrected chi connectivity index (χ4v) is 3.98. The van der Waals surface area contributed by atoms with E-state index in [0.717, 1.165) is 21.4 Å². The van der Waals surface area contributed by atoms with Gasteiger partial charge in [-0.05, 0) is 81.5 Å². The molecule has 1 atom stereocenters. The van der Waals surface area contributed by atoms with Crippen molar-refractivity contribution in [1.82, 2.24) is 20.2 Å². The SMILES string of the molecule is Cc1ccc(NC(=O)C(C)Sc2nnnn2-c2ccc(C(C)C)cc2)c(Br)c1. The zero-order valence-electron chi connectivity index (χ0n) is 16.2. The zero-order valence-corrected chi connectivity index (χ0v) is 18.6. The first-order valence-corrected chi connectivity index (χ1v) is 10.6. The van der Waals surface area contributed by atoms with Crippen LogP contribution < -0.4 is 5.32 Å². The summed E-state index contributed by atoms with van der Waals surface area (Å²) in [5.41, 5.74) is 3.98. The van der Waals surface area contributed by atoms with Gasteiger partial charge in [0.15, 0.2) is 0 Å². The van der Waals surface area contributed by atoms with Crippen molar-refractivity contribution in [2.45, 2.75) is 44.0 Å². The number of carbonyl (C=O) groups is 1. The number of hydrogen-bond donors (Lipinski definition) is 1. The molecule has 2 aromatic carbocycles. The Labute approximate surface area is 177 Å². The van der Waals surface area contributed by atoms with Crippen LogP contribution in [0, 0.1) is 6.92 Å². The van der Waals surface area contributed by atoms with Crippen LogP contribution in [0.5, 0.6) is 0 Å². The number of rotatable bonds is 6. The number of hydrogen-bond acceptors (Lipinski definition) is 5. The standard InChI is InChI=1S/C20H22BrN5OS/c1-12(2)15-6-8-16(9-7-15)26-20(23-24-25-26)28-14(4)19(27)22-18-10-5-13(3)11-17(18)21/h5-12,14H,1-4H3,(H,22,27). The lowest BCUT2D eigenvalue weighted by molar-refractivity contribution is -0.115. The van der Waals surface area contributed by atoms with Gasteiger partial charge in [-0.3, -0.25) is 4.79 Å². The third-order valence-electron chi connectivity index (χ3n) is 4.28. The van der Waals surface area contributed by atoms with Crippen LogP contribution in [0.2, 0.25) is 0 Å². The molecule has 1 amide bonds. The Morgan fingerprint density at radius 2 is 1.86 bits per heavy atom. The summed E-state index contributed by atoms with van der Waals surface area (Å²) in [6.07, 6.45) is 0. The van der Waals surface area contributed by atoms with Gasteiger partial charge in [-0.25, -0.2) is 0 Å². The number of tetrazole rings is 1. The minimum atomic E-state index is -0.368. The van der Waals surface area contributed by atoms with E-state index in [1.807, 2.05) is 44.2 Å². The highest BCUT2D eigenvalue weighted by atomic mass is 79.9. The van der Waals surface area contributed by atoms with E-state index in [9.17, 15) is 4.79 Å². The minimum absolute atomic E-state index is 0.112. The fraction of sp³-hybridized carbons (Fsp3) is 0.300. The largest absolute Gasteiger partial charge is 0.324 e. The number of anilines is 1. The summed E-state index contributed by atoms with van der Waals surface area (Å²) in [5, 5.41) is 15.1. The molecule has 0 aliphatic rings. The van der Waals surface area contributed by atoms with E-state index in [1.165, 1.54) is 17.3 Å². The Kier molecular flexibility index (Phi) is 6.51. The van der Waals surface area contributed by atoms with Crippen LogP contribution in [0.15, 0.2) is 52.1 Å². The monoisotopic (exact) mass is 459 g/mol. The number of aromatic nitrogens is 4. The summed E-state index contributed by atoms with van der Waals surface area (Å²) < 4.78 is 2.51.